The summed E-state index contributed by atoms with van der Waals surface area (Å²) in [5, 5.41) is 24.5. The number of rotatable bonds is 9. The molecule has 0 bridgehead atoms. The highest BCUT2D eigenvalue weighted by molar-refractivity contribution is 5.92. The van der Waals surface area contributed by atoms with Crippen molar-refractivity contribution < 1.29 is 29.4 Å². The molecule has 0 spiro atoms. The number of carboxylic acids is 1. The molecule has 132 valence electrons. The van der Waals surface area contributed by atoms with E-state index >= 15 is 0 Å². The molecule has 7 N–H and O–H groups in total. The van der Waals surface area contributed by atoms with Crippen molar-refractivity contribution in [2.24, 2.45) is 11.7 Å². The number of carbonyl (C=O) groups excluding carboxylic acids is 3. The van der Waals surface area contributed by atoms with E-state index in [1.807, 2.05) is 0 Å². The molecular weight excluding hydrogens is 308 g/mol. The van der Waals surface area contributed by atoms with E-state index in [4.69, 9.17) is 10.8 Å². The van der Waals surface area contributed by atoms with Crippen LogP contribution < -0.4 is 21.7 Å². The topological polar surface area (TPSA) is 171 Å². The van der Waals surface area contributed by atoms with Gasteiger partial charge in [-0.25, -0.2) is 0 Å². The molecule has 0 aromatic rings. The molecule has 10 nitrogen and oxygen atoms in total. The molecule has 0 aliphatic heterocycles. The van der Waals surface area contributed by atoms with Crippen molar-refractivity contribution in [2.75, 3.05) is 13.1 Å². The lowest BCUT2D eigenvalue weighted by Crippen LogP contribution is -2.56. The van der Waals surface area contributed by atoms with Gasteiger partial charge in [-0.3, -0.25) is 19.2 Å². The molecule has 0 aromatic heterocycles. The molecule has 0 saturated carbocycles. The van der Waals surface area contributed by atoms with Crippen LogP contribution in [0.2, 0.25) is 0 Å². The van der Waals surface area contributed by atoms with Crippen LogP contribution in [-0.2, 0) is 19.2 Å². The number of amides is 3. The SMILES string of the molecule is CC(C)C(NC(=O)C(N)C(C)O)C(=O)NCC(=O)NCC(=O)O. The van der Waals surface area contributed by atoms with Gasteiger partial charge in [0.2, 0.25) is 17.7 Å². The van der Waals surface area contributed by atoms with Crippen LogP contribution in [0.25, 0.3) is 0 Å². The number of aliphatic hydroxyl groups is 1. The summed E-state index contributed by atoms with van der Waals surface area (Å²) in [6.07, 6.45) is -1.08. The predicted molar refractivity (Wildman–Crippen MR) is 80.1 cm³/mol. The van der Waals surface area contributed by atoms with E-state index in [0.717, 1.165) is 0 Å². The average molecular weight is 332 g/mol. The van der Waals surface area contributed by atoms with Crippen LogP contribution in [-0.4, -0.2) is 65.2 Å². The van der Waals surface area contributed by atoms with Crippen LogP contribution in [0.5, 0.6) is 0 Å². The summed E-state index contributed by atoms with van der Waals surface area (Å²) in [5.74, 6) is -3.47. The predicted octanol–water partition coefficient (Wildman–Crippen LogP) is -2.85. The van der Waals surface area contributed by atoms with Gasteiger partial charge in [-0.15, -0.1) is 0 Å². The first-order chi connectivity index (χ1) is 10.6. The lowest BCUT2D eigenvalue weighted by Gasteiger charge is -2.24. The summed E-state index contributed by atoms with van der Waals surface area (Å²) in [7, 11) is 0. The maximum absolute atomic E-state index is 12.0. The van der Waals surface area contributed by atoms with E-state index in [0.29, 0.717) is 0 Å². The van der Waals surface area contributed by atoms with Gasteiger partial charge in [0.15, 0.2) is 0 Å². The van der Waals surface area contributed by atoms with Crippen LogP contribution in [0.15, 0.2) is 0 Å². The molecule has 0 aliphatic rings. The number of nitrogens with two attached hydrogens (primary N) is 1. The largest absolute Gasteiger partial charge is 0.480 e. The lowest BCUT2D eigenvalue weighted by molar-refractivity contribution is -0.138. The normalized spacial score (nSPS) is 14.5. The summed E-state index contributed by atoms with van der Waals surface area (Å²) in [6, 6.07) is -2.12. The fourth-order valence-corrected chi connectivity index (χ4v) is 1.52. The van der Waals surface area contributed by atoms with Gasteiger partial charge in [0.1, 0.15) is 18.6 Å². The molecular formula is C13H24N4O6. The van der Waals surface area contributed by atoms with Gasteiger partial charge in [0.25, 0.3) is 0 Å². The number of carboxylic acid groups (broad SMARTS) is 1. The molecule has 0 aliphatic carbocycles. The molecule has 3 amide bonds. The summed E-state index contributed by atoms with van der Waals surface area (Å²) in [4.78, 5) is 45.5. The molecule has 23 heavy (non-hydrogen) atoms. The Bertz CT molecular complexity index is 452. The zero-order valence-corrected chi connectivity index (χ0v) is 13.3. The zero-order valence-electron chi connectivity index (χ0n) is 13.3. The molecule has 0 saturated heterocycles. The second kappa shape index (κ2) is 9.74. The third-order valence-electron chi connectivity index (χ3n) is 2.93. The van der Waals surface area contributed by atoms with Gasteiger partial charge in [-0.1, -0.05) is 13.8 Å². The fourth-order valence-electron chi connectivity index (χ4n) is 1.52. The minimum Gasteiger partial charge on any atom is -0.480 e. The third kappa shape index (κ3) is 8.12. The van der Waals surface area contributed by atoms with Crippen LogP contribution in [0.1, 0.15) is 20.8 Å². The number of hydrogen-bond acceptors (Lipinski definition) is 6. The quantitative estimate of drug-likeness (QED) is 0.264. The van der Waals surface area contributed by atoms with E-state index in [9.17, 15) is 24.3 Å². The van der Waals surface area contributed by atoms with Gasteiger partial charge >= 0.3 is 5.97 Å². The van der Waals surface area contributed by atoms with Crippen molar-refractivity contribution in [1.29, 1.82) is 0 Å². The Morgan fingerprint density at radius 1 is 1.00 bits per heavy atom. The Labute approximate surface area is 133 Å². The highest BCUT2D eigenvalue weighted by Gasteiger charge is 2.28. The van der Waals surface area contributed by atoms with Crippen molar-refractivity contribution in [3.05, 3.63) is 0 Å². The Balaban J connectivity index is 4.55. The molecule has 0 fully saturated rings. The molecule has 0 rings (SSSR count). The number of nitrogens with one attached hydrogen (secondary N) is 3. The second-order valence-corrected chi connectivity index (χ2v) is 5.38. The van der Waals surface area contributed by atoms with Gasteiger partial charge in [-0.05, 0) is 12.8 Å². The van der Waals surface area contributed by atoms with Crippen LogP contribution >= 0.6 is 0 Å². The van der Waals surface area contributed by atoms with Gasteiger partial charge in [-0.2, -0.15) is 0 Å². The van der Waals surface area contributed by atoms with Crippen LogP contribution in [0.3, 0.4) is 0 Å². The standard InChI is InChI=1S/C13H24N4O6/c1-6(2)11(17-12(22)10(14)7(3)18)13(23)16-4-8(19)15-5-9(20)21/h6-7,10-11,18H,4-5,14H2,1-3H3,(H,15,19)(H,16,23)(H,17,22)(H,20,21). The molecule has 3 atom stereocenters. The number of aliphatic hydroxyl groups excluding tert-OH is 1. The molecule has 3 unspecified atom stereocenters. The van der Waals surface area contributed by atoms with Gasteiger partial charge in [0.05, 0.1) is 12.6 Å². The van der Waals surface area contributed by atoms with E-state index in [-0.39, 0.29) is 5.92 Å². The zero-order chi connectivity index (χ0) is 18.2. The first kappa shape index (κ1) is 20.8. The Morgan fingerprint density at radius 3 is 2.00 bits per heavy atom. The highest BCUT2D eigenvalue weighted by atomic mass is 16.4. The molecule has 0 aromatic carbocycles. The highest BCUT2D eigenvalue weighted by Crippen LogP contribution is 2.03. The smallest absolute Gasteiger partial charge is 0.322 e. The number of aliphatic carboxylic acids is 1. The minimum absolute atomic E-state index is 0.290. The van der Waals surface area contributed by atoms with E-state index < -0.39 is 55.0 Å². The van der Waals surface area contributed by atoms with Gasteiger partial charge < -0.3 is 31.9 Å². The number of hydrogen-bond donors (Lipinski definition) is 6. The maximum Gasteiger partial charge on any atom is 0.322 e. The van der Waals surface area contributed by atoms with Crippen molar-refractivity contribution >= 4 is 23.7 Å². The van der Waals surface area contributed by atoms with Crippen molar-refractivity contribution in [1.82, 2.24) is 16.0 Å². The number of carbonyl (C=O) groups is 4. The summed E-state index contributed by atoms with van der Waals surface area (Å²) in [6.45, 7) is 3.74. The monoisotopic (exact) mass is 332 g/mol. The first-order valence-electron chi connectivity index (χ1n) is 7.06. The van der Waals surface area contributed by atoms with Crippen molar-refractivity contribution in [2.45, 2.75) is 39.0 Å². The van der Waals surface area contributed by atoms with Crippen molar-refractivity contribution in [3.8, 4) is 0 Å². The summed E-state index contributed by atoms with van der Waals surface area (Å²) >= 11 is 0. The fraction of sp³-hybridized carbons (Fsp3) is 0.692. The minimum atomic E-state index is -1.20. The Morgan fingerprint density at radius 2 is 1.57 bits per heavy atom. The molecule has 0 radical (unpaired) electrons. The van der Waals surface area contributed by atoms with Crippen LogP contribution in [0.4, 0.5) is 0 Å². The first-order valence-corrected chi connectivity index (χ1v) is 7.06. The van der Waals surface area contributed by atoms with E-state index in [1.54, 1.807) is 13.8 Å². The lowest BCUT2D eigenvalue weighted by atomic mass is 10.0. The Kier molecular flexibility index (Phi) is 8.81. The summed E-state index contributed by atoms with van der Waals surface area (Å²) < 4.78 is 0. The summed E-state index contributed by atoms with van der Waals surface area (Å²) in [5.41, 5.74) is 5.49. The van der Waals surface area contributed by atoms with Gasteiger partial charge in [0, 0.05) is 0 Å². The van der Waals surface area contributed by atoms with E-state index in [1.165, 1.54) is 6.92 Å². The second-order valence-electron chi connectivity index (χ2n) is 5.38. The average Bonchev–Trinajstić information content (AvgIpc) is 2.46. The van der Waals surface area contributed by atoms with Crippen LogP contribution in [0, 0.1) is 5.92 Å². The molecule has 10 heteroatoms. The molecule has 0 heterocycles. The third-order valence-corrected chi connectivity index (χ3v) is 2.93. The van der Waals surface area contributed by atoms with Crippen molar-refractivity contribution in [3.63, 3.8) is 0 Å². The Hall–Kier alpha value is -2.20. The maximum atomic E-state index is 12.0. The van der Waals surface area contributed by atoms with E-state index in [2.05, 4.69) is 16.0 Å².